The molecule has 5 heteroatoms. The van der Waals surface area contributed by atoms with Crippen molar-refractivity contribution in [2.45, 2.75) is 13.3 Å². The Balaban J connectivity index is 1.87. The van der Waals surface area contributed by atoms with Gasteiger partial charge in [0, 0.05) is 6.54 Å². The van der Waals surface area contributed by atoms with Gasteiger partial charge in [0.15, 0.2) is 11.0 Å². The van der Waals surface area contributed by atoms with Crippen molar-refractivity contribution in [3.8, 4) is 0 Å². The molecule has 0 spiro atoms. The number of benzene rings is 1. The highest BCUT2D eigenvalue weighted by atomic mass is 35.5. The summed E-state index contributed by atoms with van der Waals surface area (Å²) in [7, 11) is 0. The Labute approximate surface area is 104 Å². The van der Waals surface area contributed by atoms with Gasteiger partial charge in [0.25, 0.3) is 0 Å². The Hall–Kier alpha value is -1.13. The number of aromatic nitrogens is 2. The summed E-state index contributed by atoms with van der Waals surface area (Å²) >= 11 is 6.94. The minimum absolute atomic E-state index is 0.453. The van der Waals surface area contributed by atoms with Gasteiger partial charge in [-0.05, 0) is 18.9 Å². The zero-order chi connectivity index (χ0) is 11.4. The fourth-order valence-electron chi connectivity index (χ4n) is 1.48. The number of nitrogens with zero attached hydrogens (tertiary/aromatic N) is 2. The van der Waals surface area contributed by atoms with Crippen molar-refractivity contribution in [3.05, 3.63) is 40.5 Å². The van der Waals surface area contributed by atoms with Crippen molar-refractivity contribution in [2.75, 3.05) is 11.9 Å². The van der Waals surface area contributed by atoms with Crippen LogP contribution >= 0.6 is 23.3 Å². The first-order valence-electron chi connectivity index (χ1n) is 5.03. The van der Waals surface area contributed by atoms with Crippen LogP contribution in [-0.4, -0.2) is 15.3 Å². The Morgan fingerprint density at radius 2 is 2.25 bits per heavy atom. The zero-order valence-electron chi connectivity index (χ0n) is 8.90. The number of aryl methyl sites for hydroxylation is 1. The quantitative estimate of drug-likeness (QED) is 0.910. The van der Waals surface area contributed by atoms with E-state index in [1.807, 2.05) is 0 Å². The molecular formula is C11H12ClN3S. The van der Waals surface area contributed by atoms with E-state index >= 15 is 0 Å². The molecular weight excluding hydrogens is 242 g/mol. The Morgan fingerprint density at radius 3 is 2.94 bits per heavy atom. The first-order valence-corrected chi connectivity index (χ1v) is 6.14. The first-order chi connectivity index (χ1) is 7.75. The molecule has 0 aliphatic carbocycles. The van der Waals surface area contributed by atoms with Crippen LogP contribution in [0.3, 0.4) is 0 Å². The number of rotatable bonds is 4. The molecule has 0 aliphatic heterocycles. The largest absolute Gasteiger partial charge is 0.366 e. The van der Waals surface area contributed by atoms with Gasteiger partial charge in [-0.2, -0.15) is 8.75 Å². The van der Waals surface area contributed by atoms with Crippen LogP contribution in [0.1, 0.15) is 11.1 Å². The maximum Gasteiger partial charge on any atom is 0.186 e. The predicted octanol–water partition coefficient (Wildman–Crippen LogP) is 3.15. The first kappa shape index (κ1) is 11.4. The van der Waals surface area contributed by atoms with Crippen LogP contribution < -0.4 is 5.32 Å². The molecule has 1 aromatic heterocycles. The van der Waals surface area contributed by atoms with Gasteiger partial charge < -0.3 is 5.32 Å². The van der Waals surface area contributed by atoms with Gasteiger partial charge in [-0.15, -0.1) is 0 Å². The lowest BCUT2D eigenvalue weighted by atomic mass is 10.1. The zero-order valence-corrected chi connectivity index (χ0v) is 10.5. The summed E-state index contributed by atoms with van der Waals surface area (Å²) in [4.78, 5) is 0. The van der Waals surface area contributed by atoms with Crippen LogP contribution in [0.4, 0.5) is 5.82 Å². The molecule has 0 saturated carbocycles. The van der Waals surface area contributed by atoms with E-state index in [2.05, 4.69) is 45.3 Å². The molecule has 84 valence electrons. The van der Waals surface area contributed by atoms with Crippen LogP contribution in [-0.2, 0) is 6.42 Å². The maximum atomic E-state index is 5.82. The summed E-state index contributed by atoms with van der Waals surface area (Å²) in [6.07, 6.45) is 0.954. The van der Waals surface area contributed by atoms with Crippen LogP contribution in [0.15, 0.2) is 24.3 Å². The van der Waals surface area contributed by atoms with Crippen molar-refractivity contribution in [1.82, 2.24) is 8.75 Å². The summed E-state index contributed by atoms with van der Waals surface area (Å²) in [5.74, 6) is 0.680. The van der Waals surface area contributed by atoms with E-state index in [9.17, 15) is 0 Å². The molecule has 2 aromatic rings. The second-order valence-corrected chi connectivity index (χ2v) is 4.46. The minimum atomic E-state index is 0.453. The smallest absolute Gasteiger partial charge is 0.186 e. The molecule has 0 fully saturated rings. The highest BCUT2D eigenvalue weighted by molar-refractivity contribution is 6.99. The van der Waals surface area contributed by atoms with E-state index < -0.39 is 0 Å². The summed E-state index contributed by atoms with van der Waals surface area (Å²) in [5.41, 5.74) is 2.60. The third-order valence-corrected chi connectivity index (χ3v) is 3.13. The van der Waals surface area contributed by atoms with Crippen LogP contribution in [0.5, 0.6) is 0 Å². The van der Waals surface area contributed by atoms with E-state index in [1.165, 1.54) is 11.1 Å². The van der Waals surface area contributed by atoms with Gasteiger partial charge in [-0.1, -0.05) is 41.4 Å². The molecule has 0 atom stereocenters. The van der Waals surface area contributed by atoms with Gasteiger partial charge in [-0.25, -0.2) is 0 Å². The lowest BCUT2D eigenvalue weighted by molar-refractivity contribution is 1.01. The van der Waals surface area contributed by atoms with Gasteiger partial charge in [0.1, 0.15) is 0 Å². The van der Waals surface area contributed by atoms with Crippen molar-refractivity contribution in [3.63, 3.8) is 0 Å². The standard InChI is InChI=1S/C11H12ClN3S/c1-8-3-2-4-9(7-8)5-6-13-11-10(12)14-16-15-11/h2-4,7H,5-6H2,1H3,(H,13,15). The fourth-order valence-corrected chi connectivity index (χ4v) is 2.16. The van der Waals surface area contributed by atoms with E-state index in [1.54, 1.807) is 0 Å². The molecule has 1 N–H and O–H groups in total. The lowest BCUT2D eigenvalue weighted by Crippen LogP contribution is -2.05. The molecule has 1 aromatic carbocycles. The second kappa shape index (κ2) is 5.27. The highest BCUT2D eigenvalue weighted by Crippen LogP contribution is 2.17. The van der Waals surface area contributed by atoms with Gasteiger partial charge >= 0.3 is 0 Å². The third kappa shape index (κ3) is 2.93. The number of hydrogen-bond acceptors (Lipinski definition) is 4. The monoisotopic (exact) mass is 253 g/mol. The number of nitrogens with one attached hydrogen (secondary N) is 1. The molecule has 0 saturated heterocycles. The number of hydrogen-bond donors (Lipinski definition) is 1. The summed E-state index contributed by atoms with van der Waals surface area (Å²) in [6, 6.07) is 8.47. The van der Waals surface area contributed by atoms with E-state index in [0.717, 1.165) is 24.7 Å². The number of anilines is 1. The molecule has 0 bridgehead atoms. The van der Waals surface area contributed by atoms with Gasteiger partial charge in [-0.3, -0.25) is 0 Å². The van der Waals surface area contributed by atoms with Crippen molar-refractivity contribution in [1.29, 1.82) is 0 Å². The summed E-state index contributed by atoms with van der Waals surface area (Å²) in [6.45, 7) is 2.91. The molecule has 3 nitrogen and oxygen atoms in total. The number of halogens is 1. The molecule has 0 amide bonds. The van der Waals surface area contributed by atoms with Gasteiger partial charge in [0.2, 0.25) is 0 Å². The Kier molecular flexibility index (Phi) is 3.74. The highest BCUT2D eigenvalue weighted by Gasteiger charge is 2.03. The van der Waals surface area contributed by atoms with Crippen LogP contribution in [0.25, 0.3) is 0 Å². The van der Waals surface area contributed by atoms with Crippen molar-refractivity contribution >= 4 is 29.1 Å². The third-order valence-electron chi connectivity index (χ3n) is 2.24. The van der Waals surface area contributed by atoms with E-state index in [0.29, 0.717) is 11.0 Å². The minimum Gasteiger partial charge on any atom is -0.366 e. The Bertz CT molecular complexity index is 470. The molecule has 0 unspecified atom stereocenters. The summed E-state index contributed by atoms with van der Waals surface area (Å²) in [5, 5.41) is 3.62. The average Bonchev–Trinajstić information content (AvgIpc) is 2.65. The second-order valence-electron chi connectivity index (χ2n) is 3.57. The SMILES string of the molecule is Cc1cccc(CCNc2nsnc2Cl)c1. The topological polar surface area (TPSA) is 37.8 Å². The van der Waals surface area contributed by atoms with Gasteiger partial charge in [0.05, 0.1) is 11.7 Å². The van der Waals surface area contributed by atoms with E-state index in [4.69, 9.17) is 11.6 Å². The molecule has 0 radical (unpaired) electrons. The van der Waals surface area contributed by atoms with Crippen molar-refractivity contribution in [2.24, 2.45) is 0 Å². The molecule has 2 rings (SSSR count). The Morgan fingerprint density at radius 1 is 1.38 bits per heavy atom. The lowest BCUT2D eigenvalue weighted by Gasteiger charge is -2.04. The van der Waals surface area contributed by atoms with Crippen LogP contribution in [0.2, 0.25) is 5.15 Å². The summed E-state index contributed by atoms with van der Waals surface area (Å²) < 4.78 is 7.94. The fraction of sp³-hybridized carbons (Fsp3) is 0.273. The predicted molar refractivity (Wildman–Crippen MR) is 68.3 cm³/mol. The van der Waals surface area contributed by atoms with E-state index in [-0.39, 0.29) is 0 Å². The average molecular weight is 254 g/mol. The molecule has 0 aliphatic rings. The maximum absolute atomic E-state index is 5.82. The molecule has 16 heavy (non-hydrogen) atoms. The van der Waals surface area contributed by atoms with Crippen molar-refractivity contribution < 1.29 is 0 Å². The van der Waals surface area contributed by atoms with Crippen LogP contribution in [0, 0.1) is 6.92 Å². The normalized spacial score (nSPS) is 10.4. The molecule has 1 heterocycles.